The van der Waals surface area contributed by atoms with Crippen LogP contribution >= 0.6 is 23.2 Å². The Kier molecular flexibility index (Phi) is 8.01. The van der Waals surface area contributed by atoms with Gasteiger partial charge in [0.15, 0.2) is 0 Å². The van der Waals surface area contributed by atoms with E-state index in [4.69, 9.17) is 27.9 Å². The lowest BCUT2D eigenvalue weighted by molar-refractivity contribution is -0.119. The van der Waals surface area contributed by atoms with Crippen molar-refractivity contribution in [1.82, 2.24) is 5.32 Å². The van der Waals surface area contributed by atoms with Gasteiger partial charge in [-0.2, -0.15) is 0 Å². The quantitative estimate of drug-likeness (QED) is 0.439. The van der Waals surface area contributed by atoms with Gasteiger partial charge in [-0.15, -0.1) is 0 Å². The highest BCUT2D eigenvalue weighted by molar-refractivity contribution is 7.92. The number of para-hydroxylation sites is 1. The summed E-state index contributed by atoms with van der Waals surface area (Å²) >= 11 is 12.0. The number of hydrogen-bond donors (Lipinski definition) is 1. The number of rotatable bonds is 9. The van der Waals surface area contributed by atoms with Crippen molar-refractivity contribution < 1.29 is 17.9 Å². The van der Waals surface area contributed by atoms with Crippen LogP contribution in [0.5, 0.6) is 5.75 Å². The molecule has 0 aliphatic carbocycles. The van der Waals surface area contributed by atoms with Crippen molar-refractivity contribution in [2.45, 2.75) is 11.8 Å². The van der Waals surface area contributed by atoms with Gasteiger partial charge in [-0.25, -0.2) is 8.42 Å². The minimum Gasteiger partial charge on any atom is -0.490 e. The molecule has 0 saturated carbocycles. The Hall–Kier alpha value is -2.74. The molecule has 3 aromatic rings. The summed E-state index contributed by atoms with van der Waals surface area (Å²) < 4.78 is 33.2. The standard InChI is InChI=1S/C23H22Cl2N2O4S/c1-17-6-12-20(13-7-17)32(29,30)27(19-10-8-18(24)9-11-19)16-23(28)26-14-15-31-22-5-3-2-4-21(22)25/h2-13H,14-16H2,1H3,(H,26,28). The van der Waals surface area contributed by atoms with Crippen LogP contribution in [0, 0.1) is 6.92 Å². The lowest BCUT2D eigenvalue weighted by atomic mass is 10.2. The zero-order valence-corrected chi connectivity index (χ0v) is 19.6. The van der Waals surface area contributed by atoms with Gasteiger partial charge in [0, 0.05) is 5.02 Å². The molecule has 1 amide bonds. The van der Waals surface area contributed by atoms with Gasteiger partial charge in [0.1, 0.15) is 18.9 Å². The minimum atomic E-state index is -3.98. The predicted octanol–water partition coefficient (Wildman–Crippen LogP) is 4.69. The maximum absolute atomic E-state index is 13.3. The molecule has 0 bridgehead atoms. The van der Waals surface area contributed by atoms with Crippen LogP contribution in [0.25, 0.3) is 0 Å². The van der Waals surface area contributed by atoms with Gasteiger partial charge in [-0.05, 0) is 55.5 Å². The molecule has 3 rings (SSSR count). The number of hydrogen-bond acceptors (Lipinski definition) is 4. The van der Waals surface area contributed by atoms with Gasteiger partial charge in [-0.1, -0.05) is 53.0 Å². The van der Waals surface area contributed by atoms with Gasteiger partial charge in [0.25, 0.3) is 10.0 Å². The maximum Gasteiger partial charge on any atom is 0.264 e. The number of nitrogens with one attached hydrogen (secondary N) is 1. The van der Waals surface area contributed by atoms with E-state index in [1.165, 1.54) is 12.1 Å². The lowest BCUT2D eigenvalue weighted by Crippen LogP contribution is -2.41. The first-order valence-corrected chi connectivity index (χ1v) is 12.0. The average molecular weight is 493 g/mol. The summed E-state index contributed by atoms with van der Waals surface area (Å²) in [6.45, 7) is 1.83. The first-order chi connectivity index (χ1) is 15.3. The SMILES string of the molecule is Cc1ccc(S(=O)(=O)N(CC(=O)NCCOc2ccccc2Cl)c2ccc(Cl)cc2)cc1. The topological polar surface area (TPSA) is 75.7 Å². The second-order valence-electron chi connectivity index (χ2n) is 6.93. The van der Waals surface area contributed by atoms with Crippen molar-refractivity contribution >= 4 is 44.8 Å². The third kappa shape index (κ3) is 6.16. The largest absolute Gasteiger partial charge is 0.490 e. The molecular formula is C23H22Cl2N2O4S. The fraction of sp³-hybridized carbons (Fsp3) is 0.174. The zero-order chi connectivity index (χ0) is 23.1. The summed E-state index contributed by atoms with van der Waals surface area (Å²) in [5, 5.41) is 3.61. The van der Waals surface area contributed by atoms with Crippen LogP contribution < -0.4 is 14.4 Å². The normalized spacial score (nSPS) is 11.1. The van der Waals surface area contributed by atoms with E-state index >= 15 is 0 Å². The number of sulfonamides is 1. The number of aryl methyl sites for hydroxylation is 1. The summed E-state index contributed by atoms with van der Waals surface area (Å²) in [6, 6.07) is 19.7. The van der Waals surface area contributed by atoms with Crippen LogP contribution in [0.4, 0.5) is 5.69 Å². The first-order valence-electron chi connectivity index (χ1n) is 9.76. The third-order valence-corrected chi connectivity index (χ3v) is 6.88. The Balaban J connectivity index is 1.71. The molecule has 0 radical (unpaired) electrons. The van der Waals surface area contributed by atoms with Crippen molar-refractivity contribution in [1.29, 1.82) is 0 Å². The van der Waals surface area contributed by atoms with Gasteiger partial charge in [0.05, 0.1) is 22.2 Å². The number of benzene rings is 3. The number of carbonyl (C=O) groups is 1. The number of amides is 1. The molecule has 0 heterocycles. The highest BCUT2D eigenvalue weighted by Crippen LogP contribution is 2.25. The van der Waals surface area contributed by atoms with E-state index in [0.29, 0.717) is 21.5 Å². The molecule has 0 aromatic heterocycles. The van der Waals surface area contributed by atoms with Gasteiger partial charge >= 0.3 is 0 Å². The van der Waals surface area contributed by atoms with E-state index < -0.39 is 22.5 Å². The molecule has 0 saturated heterocycles. The van der Waals surface area contributed by atoms with Crippen molar-refractivity contribution in [3.63, 3.8) is 0 Å². The van der Waals surface area contributed by atoms with Crippen molar-refractivity contribution in [3.8, 4) is 5.75 Å². The van der Waals surface area contributed by atoms with Crippen LogP contribution in [0.1, 0.15) is 5.56 Å². The zero-order valence-electron chi connectivity index (χ0n) is 17.3. The smallest absolute Gasteiger partial charge is 0.264 e. The second kappa shape index (κ2) is 10.7. The molecule has 3 aromatic carbocycles. The second-order valence-corrected chi connectivity index (χ2v) is 9.64. The average Bonchev–Trinajstić information content (AvgIpc) is 2.77. The Morgan fingerprint density at radius 1 is 0.969 bits per heavy atom. The summed E-state index contributed by atoms with van der Waals surface area (Å²) in [7, 11) is -3.98. The Labute approximate surface area is 197 Å². The number of nitrogens with zero attached hydrogens (tertiary/aromatic N) is 1. The van der Waals surface area contributed by atoms with E-state index in [9.17, 15) is 13.2 Å². The molecule has 168 valence electrons. The van der Waals surface area contributed by atoms with Crippen LogP contribution in [0.15, 0.2) is 77.7 Å². The van der Waals surface area contributed by atoms with Crippen molar-refractivity contribution in [3.05, 3.63) is 88.4 Å². The molecule has 0 aliphatic rings. The molecule has 0 fully saturated rings. The van der Waals surface area contributed by atoms with Crippen molar-refractivity contribution in [2.75, 3.05) is 24.0 Å². The summed E-state index contributed by atoms with van der Waals surface area (Å²) in [5.41, 5.74) is 1.26. The number of halogens is 2. The monoisotopic (exact) mass is 492 g/mol. The third-order valence-electron chi connectivity index (χ3n) is 4.53. The van der Waals surface area contributed by atoms with Crippen molar-refractivity contribution in [2.24, 2.45) is 0 Å². The van der Waals surface area contributed by atoms with Crippen LogP contribution in [-0.4, -0.2) is 34.0 Å². The summed E-state index contributed by atoms with van der Waals surface area (Å²) in [5.74, 6) is 0.0338. The lowest BCUT2D eigenvalue weighted by Gasteiger charge is -2.24. The minimum absolute atomic E-state index is 0.0907. The van der Waals surface area contributed by atoms with Crippen LogP contribution in [0.2, 0.25) is 10.0 Å². The van der Waals surface area contributed by atoms with E-state index in [0.717, 1.165) is 9.87 Å². The summed E-state index contributed by atoms with van der Waals surface area (Å²) in [4.78, 5) is 12.7. The Morgan fingerprint density at radius 2 is 1.62 bits per heavy atom. The van der Waals surface area contributed by atoms with Gasteiger partial charge < -0.3 is 10.1 Å². The molecule has 0 spiro atoms. The van der Waals surface area contributed by atoms with E-state index in [1.807, 2.05) is 6.92 Å². The van der Waals surface area contributed by atoms with E-state index in [2.05, 4.69) is 5.32 Å². The number of carbonyl (C=O) groups excluding carboxylic acids is 1. The molecule has 9 heteroatoms. The molecule has 1 N–H and O–H groups in total. The first kappa shape index (κ1) is 23.9. The molecule has 6 nitrogen and oxygen atoms in total. The molecule has 0 aliphatic heterocycles. The van der Waals surface area contributed by atoms with Gasteiger partial charge in [-0.3, -0.25) is 9.10 Å². The van der Waals surface area contributed by atoms with Crippen LogP contribution in [0.3, 0.4) is 0 Å². The fourth-order valence-electron chi connectivity index (χ4n) is 2.86. The number of anilines is 1. The Morgan fingerprint density at radius 3 is 2.28 bits per heavy atom. The molecule has 32 heavy (non-hydrogen) atoms. The highest BCUT2D eigenvalue weighted by atomic mass is 35.5. The predicted molar refractivity (Wildman–Crippen MR) is 127 cm³/mol. The van der Waals surface area contributed by atoms with E-state index in [1.54, 1.807) is 60.7 Å². The van der Waals surface area contributed by atoms with Gasteiger partial charge in [0.2, 0.25) is 5.91 Å². The van der Waals surface area contributed by atoms with Crippen LogP contribution in [-0.2, 0) is 14.8 Å². The highest BCUT2D eigenvalue weighted by Gasteiger charge is 2.27. The number of ether oxygens (including phenoxy) is 1. The molecule has 0 atom stereocenters. The fourth-order valence-corrected chi connectivity index (χ4v) is 4.60. The summed E-state index contributed by atoms with van der Waals surface area (Å²) in [6.07, 6.45) is 0. The molecule has 0 unspecified atom stereocenters. The molecular weight excluding hydrogens is 471 g/mol. The maximum atomic E-state index is 13.3. The Bertz CT molecular complexity index is 1170. The van der Waals surface area contributed by atoms with E-state index in [-0.39, 0.29) is 18.0 Å².